The zero-order chi connectivity index (χ0) is 13.2. The predicted octanol–water partition coefficient (Wildman–Crippen LogP) is -0.0328. The zero-order valence-electron chi connectivity index (χ0n) is 8.62. The van der Waals surface area contributed by atoms with Gasteiger partial charge in [-0.25, -0.2) is 9.97 Å². The molecule has 1 atom stereocenters. The number of carboxylic acids is 1. The minimum Gasteiger partial charge on any atom is -0.480 e. The van der Waals surface area contributed by atoms with E-state index in [0.29, 0.717) is 0 Å². The SMILES string of the molecule is Cc1nc(N)nc(C(C#N)C(=O)O)c1[N+](=O)[O-]. The molecule has 1 rings (SSSR count). The van der Waals surface area contributed by atoms with E-state index < -0.39 is 28.2 Å². The van der Waals surface area contributed by atoms with E-state index in [1.54, 1.807) is 0 Å². The van der Waals surface area contributed by atoms with Crippen LogP contribution in [-0.4, -0.2) is 26.0 Å². The summed E-state index contributed by atoms with van der Waals surface area (Å²) in [6.45, 7) is 1.29. The number of nitro groups is 1. The molecule has 88 valence electrons. The topological polar surface area (TPSA) is 156 Å². The van der Waals surface area contributed by atoms with Crippen molar-refractivity contribution in [1.82, 2.24) is 9.97 Å². The number of anilines is 1. The maximum absolute atomic E-state index is 10.8. The average molecular weight is 237 g/mol. The fourth-order valence-corrected chi connectivity index (χ4v) is 1.27. The third-order valence-corrected chi connectivity index (χ3v) is 1.93. The number of hydrogen-bond acceptors (Lipinski definition) is 7. The van der Waals surface area contributed by atoms with E-state index >= 15 is 0 Å². The molecule has 3 N–H and O–H groups in total. The summed E-state index contributed by atoms with van der Waals surface area (Å²) in [6.07, 6.45) is 0. The summed E-state index contributed by atoms with van der Waals surface area (Å²) in [5.41, 5.74) is 4.08. The van der Waals surface area contributed by atoms with Gasteiger partial charge in [-0.05, 0) is 6.92 Å². The molecule has 17 heavy (non-hydrogen) atoms. The number of nitrogens with zero attached hydrogens (tertiary/aromatic N) is 4. The number of carbonyl (C=O) groups is 1. The molecule has 0 aliphatic rings. The highest BCUT2D eigenvalue weighted by Gasteiger charge is 2.32. The predicted molar refractivity (Wildman–Crippen MR) is 53.8 cm³/mol. The number of nitrogen functional groups attached to an aromatic ring is 1. The van der Waals surface area contributed by atoms with Gasteiger partial charge in [0.2, 0.25) is 5.95 Å². The first-order valence-corrected chi connectivity index (χ1v) is 4.29. The number of rotatable bonds is 3. The third kappa shape index (κ3) is 2.25. The molecule has 9 nitrogen and oxygen atoms in total. The second-order valence-corrected chi connectivity index (χ2v) is 3.06. The Morgan fingerprint density at radius 2 is 2.24 bits per heavy atom. The smallest absolute Gasteiger partial charge is 0.327 e. The van der Waals surface area contributed by atoms with Gasteiger partial charge in [-0.3, -0.25) is 14.9 Å². The van der Waals surface area contributed by atoms with E-state index in [-0.39, 0.29) is 11.6 Å². The second kappa shape index (κ2) is 4.40. The van der Waals surface area contributed by atoms with E-state index in [4.69, 9.17) is 16.1 Å². The lowest BCUT2D eigenvalue weighted by Crippen LogP contribution is -2.16. The van der Waals surface area contributed by atoms with Crippen LogP contribution in [0.5, 0.6) is 0 Å². The van der Waals surface area contributed by atoms with Gasteiger partial charge in [0.05, 0.1) is 11.0 Å². The number of aryl methyl sites for hydroxylation is 1. The molecule has 1 unspecified atom stereocenters. The van der Waals surface area contributed by atoms with E-state index in [1.807, 2.05) is 0 Å². The summed E-state index contributed by atoms with van der Waals surface area (Å²) >= 11 is 0. The zero-order valence-corrected chi connectivity index (χ0v) is 8.62. The monoisotopic (exact) mass is 237 g/mol. The van der Waals surface area contributed by atoms with E-state index in [0.717, 1.165) is 0 Å². The lowest BCUT2D eigenvalue weighted by molar-refractivity contribution is -0.386. The summed E-state index contributed by atoms with van der Waals surface area (Å²) < 4.78 is 0. The standard InChI is InChI=1S/C8H7N5O4/c1-3-6(13(16)17)5(12-8(10)11-3)4(2-9)7(14)15/h4H,1H3,(H,14,15)(H2,10,11,12). The van der Waals surface area contributed by atoms with Crippen molar-refractivity contribution in [2.75, 3.05) is 5.73 Å². The van der Waals surface area contributed by atoms with Crippen LogP contribution in [0.25, 0.3) is 0 Å². The quantitative estimate of drug-likeness (QED) is 0.547. The first-order valence-electron chi connectivity index (χ1n) is 4.29. The van der Waals surface area contributed by atoms with Gasteiger partial charge in [-0.2, -0.15) is 5.26 Å². The first kappa shape index (κ1) is 12.3. The Bertz CT molecular complexity index is 535. The second-order valence-electron chi connectivity index (χ2n) is 3.06. The summed E-state index contributed by atoms with van der Waals surface area (Å²) in [7, 11) is 0. The minimum absolute atomic E-state index is 0.0843. The van der Waals surface area contributed by atoms with Crippen molar-refractivity contribution in [1.29, 1.82) is 5.26 Å². The van der Waals surface area contributed by atoms with Gasteiger partial charge in [-0.15, -0.1) is 0 Å². The summed E-state index contributed by atoms with van der Waals surface area (Å²) in [6, 6.07) is 1.42. The van der Waals surface area contributed by atoms with Gasteiger partial charge in [0.1, 0.15) is 5.69 Å². The van der Waals surface area contributed by atoms with Crippen LogP contribution >= 0.6 is 0 Å². The molecular weight excluding hydrogens is 230 g/mol. The van der Waals surface area contributed by atoms with Gasteiger partial charge in [0, 0.05) is 0 Å². The molecular formula is C8H7N5O4. The molecule has 0 saturated carbocycles. The van der Waals surface area contributed by atoms with Crippen molar-refractivity contribution in [3.05, 3.63) is 21.5 Å². The highest BCUT2D eigenvalue weighted by Crippen LogP contribution is 2.27. The van der Waals surface area contributed by atoms with Crippen molar-refractivity contribution >= 4 is 17.6 Å². The Labute approximate surface area is 94.7 Å². The molecule has 0 spiro atoms. The number of carboxylic acid groups (broad SMARTS) is 1. The minimum atomic E-state index is -1.75. The fourth-order valence-electron chi connectivity index (χ4n) is 1.27. The Kier molecular flexibility index (Phi) is 3.18. The molecule has 0 amide bonds. The van der Waals surface area contributed by atoms with Gasteiger partial charge in [0.25, 0.3) is 0 Å². The number of nitriles is 1. The van der Waals surface area contributed by atoms with Crippen LogP contribution in [-0.2, 0) is 4.79 Å². The van der Waals surface area contributed by atoms with Crippen LogP contribution in [0, 0.1) is 28.4 Å². The van der Waals surface area contributed by atoms with Crippen LogP contribution in [0.4, 0.5) is 11.6 Å². The first-order chi connectivity index (χ1) is 7.88. The van der Waals surface area contributed by atoms with Crippen molar-refractivity contribution in [2.24, 2.45) is 0 Å². The van der Waals surface area contributed by atoms with E-state index in [2.05, 4.69) is 9.97 Å². The third-order valence-electron chi connectivity index (χ3n) is 1.93. The molecule has 9 heteroatoms. The maximum atomic E-state index is 10.8. The summed E-state index contributed by atoms with van der Waals surface area (Å²) in [5.74, 6) is -3.60. The normalized spacial score (nSPS) is 11.5. The van der Waals surface area contributed by atoms with Crippen LogP contribution in [0.1, 0.15) is 17.3 Å². The largest absolute Gasteiger partial charge is 0.480 e. The van der Waals surface area contributed by atoms with Gasteiger partial charge < -0.3 is 10.8 Å². The Hall–Kier alpha value is -2.76. The Balaban J connectivity index is 3.56. The molecule has 0 bridgehead atoms. The number of hydrogen-bond donors (Lipinski definition) is 2. The Morgan fingerprint density at radius 3 is 2.65 bits per heavy atom. The fraction of sp³-hybridized carbons (Fsp3) is 0.250. The maximum Gasteiger partial charge on any atom is 0.327 e. The van der Waals surface area contributed by atoms with Gasteiger partial charge in [0.15, 0.2) is 11.6 Å². The van der Waals surface area contributed by atoms with E-state index in [9.17, 15) is 14.9 Å². The number of aromatic nitrogens is 2. The van der Waals surface area contributed by atoms with Crippen molar-refractivity contribution in [3.63, 3.8) is 0 Å². The summed E-state index contributed by atoms with van der Waals surface area (Å²) in [5, 5.41) is 28.2. The average Bonchev–Trinajstić information content (AvgIpc) is 2.15. The lowest BCUT2D eigenvalue weighted by Gasteiger charge is -2.06. The lowest BCUT2D eigenvalue weighted by atomic mass is 10.0. The van der Waals surface area contributed by atoms with Crippen LogP contribution in [0.15, 0.2) is 0 Å². The molecule has 0 aliphatic carbocycles. The number of nitrogens with two attached hydrogens (primary N) is 1. The van der Waals surface area contributed by atoms with Crippen molar-refractivity contribution < 1.29 is 14.8 Å². The van der Waals surface area contributed by atoms with Crippen molar-refractivity contribution in [3.8, 4) is 6.07 Å². The van der Waals surface area contributed by atoms with Crippen LogP contribution < -0.4 is 5.73 Å². The molecule has 0 saturated heterocycles. The highest BCUT2D eigenvalue weighted by atomic mass is 16.6. The molecule has 1 aromatic heterocycles. The van der Waals surface area contributed by atoms with Crippen LogP contribution in [0.3, 0.4) is 0 Å². The molecule has 0 fully saturated rings. The summed E-state index contributed by atoms with van der Waals surface area (Å²) in [4.78, 5) is 27.7. The molecule has 0 aliphatic heterocycles. The van der Waals surface area contributed by atoms with Crippen LogP contribution in [0.2, 0.25) is 0 Å². The molecule has 0 aromatic carbocycles. The Morgan fingerprint density at radius 1 is 1.65 bits per heavy atom. The number of aliphatic carboxylic acids is 1. The van der Waals surface area contributed by atoms with E-state index in [1.165, 1.54) is 13.0 Å². The molecule has 1 heterocycles. The van der Waals surface area contributed by atoms with Gasteiger partial charge >= 0.3 is 11.7 Å². The molecule has 0 radical (unpaired) electrons. The molecule has 1 aromatic rings. The highest BCUT2D eigenvalue weighted by molar-refractivity contribution is 5.80. The van der Waals surface area contributed by atoms with Gasteiger partial charge in [-0.1, -0.05) is 0 Å². The van der Waals surface area contributed by atoms with Crippen molar-refractivity contribution in [2.45, 2.75) is 12.8 Å².